The largest absolute Gasteiger partial charge is 0.300 e. The molecule has 1 aliphatic heterocycles. The fourth-order valence-electron chi connectivity index (χ4n) is 4.42. The zero-order valence-electron chi connectivity index (χ0n) is 19.3. The average Bonchev–Trinajstić information content (AvgIpc) is 2.75. The van der Waals surface area contributed by atoms with Crippen molar-refractivity contribution in [3.8, 4) is 0 Å². The van der Waals surface area contributed by atoms with E-state index in [1.54, 1.807) is 26.0 Å². The van der Waals surface area contributed by atoms with Crippen molar-refractivity contribution in [3.05, 3.63) is 39.9 Å². The third kappa shape index (κ3) is 5.14. The maximum atomic E-state index is 13.4. The molecule has 1 aliphatic rings. The first-order chi connectivity index (χ1) is 15.3. The summed E-state index contributed by atoms with van der Waals surface area (Å²) in [4.78, 5) is 54.4. The molecular formula is C25H33N3O4. The van der Waals surface area contributed by atoms with Gasteiger partial charge in [0.1, 0.15) is 17.1 Å². The Balaban J connectivity index is 1.78. The second-order valence-corrected chi connectivity index (χ2v) is 9.01. The van der Waals surface area contributed by atoms with Crippen molar-refractivity contribution in [2.75, 3.05) is 0 Å². The molecule has 7 heteroatoms. The van der Waals surface area contributed by atoms with Crippen molar-refractivity contribution >= 4 is 28.5 Å². The van der Waals surface area contributed by atoms with Crippen LogP contribution >= 0.6 is 0 Å². The first-order valence-electron chi connectivity index (χ1n) is 11.6. The van der Waals surface area contributed by atoms with E-state index < -0.39 is 11.4 Å². The summed E-state index contributed by atoms with van der Waals surface area (Å²) in [6, 6.07) is 5.48. The van der Waals surface area contributed by atoms with E-state index in [2.05, 4.69) is 17.2 Å². The van der Waals surface area contributed by atoms with Crippen molar-refractivity contribution in [2.24, 2.45) is 0 Å². The predicted octanol–water partition coefficient (Wildman–Crippen LogP) is 3.72. The van der Waals surface area contributed by atoms with Gasteiger partial charge in [0.05, 0.1) is 10.9 Å². The van der Waals surface area contributed by atoms with E-state index in [-0.39, 0.29) is 30.1 Å². The van der Waals surface area contributed by atoms with E-state index >= 15 is 0 Å². The van der Waals surface area contributed by atoms with E-state index in [1.165, 1.54) is 23.8 Å². The summed E-state index contributed by atoms with van der Waals surface area (Å²) in [7, 11) is 0. The number of carbonyl (C=O) groups excluding carboxylic acids is 3. The van der Waals surface area contributed by atoms with Crippen molar-refractivity contribution in [1.82, 2.24) is 14.9 Å². The van der Waals surface area contributed by atoms with Gasteiger partial charge in [-0.3, -0.25) is 29.1 Å². The summed E-state index contributed by atoms with van der Waals surface area (Å²) >= 11 is 0. The minimum atomic E-state index is -1.17. The van der Waals surface area contributed by atoms with E-state index in [1.807, 2.05) is 6.07 Å². The Morgan fingerprint density at radius 3 is 2.59 bits per heavy atom. The molecule has 0 unspecified atom stereocenters. The predicted molar refractivity (Wildman–Crippen MR) is 123 cm³/mol. The quantitative estimate of drug-likeness (QED) is 0.449. The van der Waals surface area contributed by atoms with Gasteiger partial charge in [0.15, 0.2) is 0 Å². The first kappa shape index (κ1) is 23.8. The van der Waals surface area contributed by atoms with Crippen LogP contribution in [0.25, 0.3) is 10.9 Å². The zero-order chi connectivity index (χ0) is 23.3. The number of fused-ring (bicyclic) bond motifs is 1. The Morgan fingerprint density at radius 2 is 1.88 bits per heavy atom. The first-order valence-corrected chi connectivity index (χ1v) is 11.6. The van der Waals surface area contributed by atoms with Crippen molar-refractivity contribution in [1.29, 1.82) is 0 Å². The highest BCUT2D eigenvalue weighted by atomic mass is 16.2. The monoisotopic (exact) mass is 439 g/mol. The van der Waals surface area contributed by atoms with Crippen LogP contribution < -0.4 is 10.9 Å². The smallest absolute Gasteiger partial charge is 0.262 e. The molecule has 2 heterocycles. The molecule has 32 heavy (non-hydrogen) atoms. The van der Waals surface area contributed by atoms with Crippen molar-refractivity contribution in [2.45, 2.75) is 90.5 Å². The fraction of sp³-hybridized carbons (Fsp3) is 0.560. The van der Waals surface area contributed by atoms with Crippen LogP contribution in [0.5, 0.6) is 0 Å². The molecule has 7 nitrogen and oxygen atoms in total. The molecule has 2 amide bonds. The second kappa shape index (κ2) is 10.2. The number of Topliss-reactive ketones (excluding diaryl/α,β-unsaturated/α-hetero) is 1. The van der Waals surface area contributed by atoms with Crippen LogP contribution in [0, 0.1) is 6.92 Å². The number of nitrogens with one attached hydrogen (secondary N) is 1. The number of aromatic nitrogens is 2. The van der Waals surface area contributed by atoms with E-state index in [0.717, 1.165) is 18.4 Å². The Morgan fingerprint density at radius 1 is 1.12 bits per heavy atom. The number of carbonyl (C=O) groups is 3. The van der Waals surface area contributed by atoms with E-state index in [0.29, 0.717) is 36.0 Å². The van der Waals surface area contributed by atoms with Gasteiger partial charge in [-0.15, -0.1) is 0 Å². The highest BCUT2D eigenvalue weighted by molar-refractivity contribution is 6.01. The minimum Gasteiger partial charge on any atom is -0.300 e. The van der Waals surface area contributed by atoms with Gasteiger partial charge in [0, 0.05) is 19.3 Å². The van der Waals surface area contributed by atoms with E-state index in [4.69, 9.17) is 0 Å². The number of aryl methyl sites for hydroxylation is 2. The topological polar surface area (TPSA) is 98.1 Å². The Bertz CT molecular complexity index is 1090. The molecule has 1 aromatic heterocycles. The van der Waals surface area contributed by atoms with Crippen LogP contribution in [0.3, 0.4) is 0 Å². The van der Waals surface area contributed by atoms with Crippen LogP contribution in [0.1, 0.15) is 83.0 Å². The molecule has 1 fully saturated rings. The van der Waals surface area contributed by atoms with Crippen LogP contribution in [-0.2, 0) is 26.3 Å². The number of piperidine rings is 1. The lowest BCUT2D eigenvalue weighted by molar-refractivity contribution is -0.140. The van der Waals surface area contributed by atoms with Gasteiger partial charge in [-0.25, -0.2) is 4.98 Å². The Hall–Kier alpha value is -2.83. The lowest BCUT2D eigenvalue weighted by Gasteiger charge is -2.34. The third-order valence-corrected chi connectivity index (χ3v) is 6.43. The molecule has 1 N–H and O–H groups in total. The number of ketones is 1. The van der Waals surface area contributed by atoms with Gasteiger partial charge in [-0.05, 0) is 50.8 Å². The highest BCUT2D eigenvalue weighted by Crippen LogP contribution is 2.27. The second-order valence-electron chi connectivity index (χ2n) is 9.01. The molecule has 1 aromatic carbocycles. The molecule has 0 bridgehead atoms. The zero-order valence-corrected chi connectivity index (χ0v) is 19.3. The van der Waals surface area contributed by atoms with Crippen molar-refractivity contribution < 1.29 is 14.4 Å². The maximum Gasteiger partial charge on any atom is 0.262 e. The molecular weight excluding hydrogens is 406 g/mol. The van der Waals surface area contributed by atoms with Crippen LogP contribution in [0.2, 0.25) is 0 Å². The third-order valence-electron chi connectivity index (χ3n) is 6.43. The number of hydrogen-bond acceptors (Lipinski definition) is 5. The molecule has 1 atom stereocenters. The lowest BCUT2D eigenvalue weighted by atomic mass is 9.90. The number of unbranched alkanes of at least 4 members (excludes halogenated alkanes) is 4. The molecule has 0 aliphatic carbocycles. The minimum absolute atomic E-state index is 0.173. The Kier molecular flexibility index (Phi) is 7.59. The summed E-state index contributed by atoms with van der Waals surface area (Å²) < 4.78 is 1.41. The molecule has 3 rings (SSSR count). The number of imide groups is 1. The van der Waals surface area contributed by atoms with Crippen molar-refractivity contribution in [3.63, 3.8) is 0 Å². The maximum absolute atomic E-state index is 13.4. The molecule has 172 valence electrons. The summed E-state index contributed by atoms with van der Waals surface area (Å²) in [6.07, 6.45) is 7.67. The van der Waals surface area contributed by atoms with Gasteiger partial charge in [-0.1, -0.05) is 38.7 Å². The van der Waals surface area contributed by atoms with Gasteiger partial charge in [-0.2, -0.15) is 0 Å². The summed E-state index contributed by atoms with van der Waals surface area (Å²) in [5.41, 5.74) is -0.00572. The number of rotatable bonds is 10. The van der Waals surface area contributed by atoms with Crippen LogP contribution in [-0.4, -0.2) is 27.1 Å². The molecule has 0 radical (unpaired) electrons. The highest BCUT2D eigenvalue weighted by Gasteiger charge is 2.42. The van der Waals surface area contributed by atoms with Gasteiger partial charge >= 0.3 is 0 Å². The molecule has 0 saturated carbocycles. The van der Waals surface area contributed by atoms with Gasteiger partial charge < -0.3 is 0 Å². The van der Waals surface area contributed by atoms with Crippen LogP contribution in [0.4, 0.5) is 0 Å². The summed E-state index contributed by atoms with van der Waals surface area (Å²) in [5.74, 6) is -0.136. The number of amides is 2. The standard InChI is InChI=1S/C25H33N3O4/c1-4-5-6-7-8-9-19(29)12-10-18-11-13-21-20(16-18)23(31)28(17(2)26-21)25(3)15-14-22(30)27-24(25)32/h11,13,16H,4-10,12,14-15H2,1-3H3,(H,27,30,32)/t25-/m0/s1. The molecule has 0 spiro atoms. The summed E-state index contributed by atoms with van der Waals surface area (Å²) in [5, 5.41) is 2.76. The average molecular weight is 440 g/mol. The SMILES string of the molecule is CCCCCCCC(=O)CCc1ccc2nc(C)n([C@@]3(C)CCC(=O)NC3=O)c(=O)c2c1. The van der Waals surface area contributed by atoms with Gasteiger partial charge in [0.2, 0.25) is 5.91 Å². The lowest BCUT2D eigenvalue weighted by Crippen LogP contribution is -2.56. The number of nitrogens with zero attached hydrogens (tertiary/aromatic N) is 2. The molecule has 2 aromatic rings. The Labute approximate surface area is 188 Å². The molecule has 1 saturated heterocycles. The number of hydrogen-bond donors (Lipinski definition) is 1. The fourth-order valence-corrected chi connectivity index (χ4v) is 4.42. The van der Waals surface area contributed by atoms with E-state index in [9.17, 15) is 19.2 Å². The van der Waals surface area contributed by atoms with Crippen LogP contribution in [0.15, 0.2) is 23.0 Å². The summed E-state index contributed by atoms with van der Waals surface area (Å²) in [6.45, 7) is 5.54. The normalized spacial score (nSPS) is 18.7. The number of benzene rings is 1. The van der Waals surface area contributed by atoms with Gasteiger partial charge in [0.25, 0.3) is 11.5 Å².